The van der Waals surface area contributed by atoms with Crippen molar-refractivity contribution in [3.63, 3.8) is 0 Å². The van der Waals surface area contributed by atoms with E-state index >= 15 is 0 Å². The minimum absolute atomic E-state index is 0.186. The molecule has 2 aromatic carbocycles. The molecule has 5 rings (SSSR count). The van der Waals surface area contributed by atoms with Gasteiger partial charge in [0.15, 0.2) is 11.9 Å². The van der Waals surface area contributed by atoms with Crippen molar-refractivity contribution in [3.05, 3.63) is 74.1 Å². The van der Waals surface area contributed by atoms with Crippen LogP contribution >= 0.6 is 27.3 Å². The summed E-state index contributed by atoms with van der Waals surface area (Å²) in [4.78, 5) is 47.0. The lowest BCUT2D eigenvalue weighted by molar-refractivity contribution is -0.125. The standard InChI is InChI=1S/C26H22BrN3O4S/c1-13(23(31)17-7-10-20-19(11-17)29(4)25(32)14(2)34-20)30-12-28-24-22(26(30)33)21(15(3)35-24)16-5-8-18(27)9-6-16/h5-14H,1-4H3. The Morgan fingerprint density at radius 2 is 1.89 bits per heavy atom. The minimum Gasteiger partial charge on any atom is -0.479 e. The number of carbonyl (C=O) groups is 2. The Balaban J connectivity index is 1.56. The van der Waals surface area contributed by atoms with E-state index in [0.717, 1.165) is 20.5 Å². The van der Waals surface area contributed by atoms with Gasteiger partial charge in [-0.15, -0.1) is 11.3 Å². The number of likely N-dealkylation sites (N-methyl/N-ethyl adjacent to an activating group) is 1. The van der Waals surface area contributed by atoms with Gasteiger partial charge >= 0.3 is 0 Å². The van der Waals surface area contributed by atoms with Crippen LogP contribution in [-0.2, 0) is 4.79 Å². The Morgan fingerprint density at radius 1 is 1.17 bits per heavy atom. The molecule has 0 fully saturated rings. The third-order valence-electron chi connectivity index (χ3n) is 6.33. The molecule has 1 amide bonds. The predicted octanol–water partition coefficient (Wildman–Crippen LogP) is 5.38. The first-order chi connectivity index (χ1) is 16.7. The SMILES string of the molecule is Cc1sc2ncn(C(C)C(=O)c3ccc4c(c3)N(C)C(=O)C(C)O4)c(=O)c2c1-c1ccc(Br)cc1. The van der Waals surface area contributed by atoms with Crippen LogP contribution in [0.1, 0.15) is 35.1 Å². The summed E-state index contributed by atoms with van der Waals surface area (Å²) in [5.41, 5.74) is 2.41. The van der Waals surface area contributed by atoms with Crippen molar-refractivity contribution in [1.82, 2.24) is 9.55 Å². The zero-order chi connectivity index (χ0) is 25.0. The summed E-state index contributed by atoms with van der Waals surface area (Å²) in [7, 11) is 1.66. The number of amides is 1. The molecule has 9 heteroatoms. The maximum absolute atomic E-state index is 13.6. The molecule has 0 radical (unpaired) electrons. The zero-order valence-corrected chi connectivity index (χ0v) is 21.9. The van der Waals surface area contributed by atoms with E-state index in [-0.39, 0.29) is 17.2 Å². The van der Waals surface area contributed by atoms with Gasteiger partial charge in [0.25, 0.3) is 11.5 Å². The van der Waals surface area contributed by atoms with E-state index in [9.17, 15) is 14.4 Å². The van der Waals surface area contributed by atoms with Crippen molar-refractivity contribution in [2.75, 3.05) is 11.9 Å². The molecule has 7 nitrogen and oxygen atoms in total. The summed E-state index contributed by atoms with van der Waals surface area (Å²) in [5.74, 6) is 0.0962. The van der Waals surface area contributed by atoms with E-state index in [0.29, 0.717) is 27.2 Å². The third kappa shape index (κ3) is 3.88. The van der Waals surface area contributed by atoms with Gasteiger partial charge in [0, 0.05) is 27.5 Å². The molecule has 1 aliphatic heterocycles. The number of halogens is 1. The molecule has 0 N–H and O–H groups in total. The molecule has 2 aromatic heterocycles. The molecule has 0 spiro atoms. The van der Waals surface area contributed by atoms with E-state index in [1.54, 1.807) is 39.1 Å². The highest BCUT2D eigenvalue weighted by molar-refractivity contribution is 9.10. The second kappa shape index (κ2) is 8.73. The van der Waals surface area contributed by atoms with E-state index in [4.69, 9.17) is 4.74 Å². The molecule has 0 saturated heterocycles. The van der Waals surface area contributed by atoms with E-state index in [1.165, 1.54) is 27.1 Å². The normalized spacial score (nSPS) is 16.2. The number of ketones is 1. The van der Waals surface area contributed by atoms with Crippen LogP contribution in [0.2, 0.25) is 0 Å². The summed E-state index contributed by atoms with van der Waals surface area (Å²) in [5, 5.41) is 0.509. The molecule has 2 atom stereocenters. The van der Waals surface area contributed by atoms with Crippen molar-refractivity contribution in [1.29, 1.82) is 0 Å². The monoisotopic (exact) mass is 551 g/mol. The van der Waals surface area contributed by atoms with E-state index < -0.39 is 12.1 Å². The lowest BCUT2D eigenvalue weighted by Gasteiger charge is -2.30. The van der Waals surface area contributed by atoms with Gasteiger partial charge in [-0.1, -0.05) is 28.1 Å². The molecule has 1 aliphatic rings. The number of hydrogen-bond acceptors (Lipinski definition) is 6. The van der Waals surface area contributed by atoms with Crippen molar-refractivity contribution >= 4 is 54.9 Å². The summed E-state index contributed by atoms with van der Waals surface area (Å²) in [6.45, 7) is 5.34. The van der Waals surface area contributed by atoms with Crippen LogP contribution in [0.25, 0.3) is 21.3 Å². The number of ether oxygens (including phenoxy) is 1. The first kappa shape index (κ1) is 23.4. The van der Waals surface area contributed by atoms with Crippen LogP contribution < -0.4 is 15.2 Å². The topological polar surface area (TPSA) is 81.5 Å². The van der Waals surface area contributed by atoms with Crippen LogP contribution in [0.3, 0.4) is 0 Å². The smallest absolute Gasteiger partial charge is 0.267 e. The second-order valence-electron chi connectivity index (χ2n) is 8.56. The largest absolute Gasteiger partial charge is 0.479 e. The Morgan fingerprint density at radius 3 is 2.60 bits per heavy atom. The number of aromatic nitrogens is 2. The fourth-order valence-electron chi connectivity index (χ4n) is 4.39. The highest BCUT2D eigenvalue weighted by Gasteiger charge is 2.30. The summed E-state index contributed by atoms with van der Waals surface area (Å²) in [6.07, 6.45) is 0.853. The zero-order valence-electron chi connectivity index (χ0n) is 19.5. The van der Waals surface area contributed by atoms with Crippen molar-refractivity contribution in [2.45, 2.75) is 32.9 Å². The molecule has 0 bridgehead atoms. The first-order valence-corrected chi connectivity index (χ1v) is 12.7. The summed E-state index contributed by atoms with van der Waals surface area (Å²) >= 11 is 4.91. The molecule has 4 aromatic rings. The van der Waals surface area contributed by atoms with Gasteiger partial charge < -0.3 is 9.64 Å². The number of nitrogens with zero attached hydrogens (tertiary/aromatic N) is 3. The molecule has 0 saturated carbocycles. The Hall–Kier alpha value is -3.30. The number of anilines is 1. The maximum atomic E-state index is 13.6. The number of rotatable bonds is 4. The highest BCUT2D eigenvalue weighted by Crippen LogP contribution is 2.37. The minimum atomic E-state index is -0.792. The number of fused-ring (bicyclic) bond motifs is 2. The molecule has 178 valence electrons. The van der Waals surface area contributed by atoms with Gasteiger partial charge in [-0.25, -0.2) is 4.98 Å². The second-order valence-corrected chi connectivity index (χ2v) is 10.7. The Kier molecular flexibility index (Phi) is 5.85. The summed E-state index contributed by atoms with van der Waals surface area (Å²) in [6, 6.07) is 12.0. The number of benzene rings is 2. The highest BCUT2D eigenvalue weighted by atomic mass is 79.9. The number of Topliss-reactive ketones (excluding diaryl/α,β-unsaturated/α-hetero) is 1. The van der Waals surface area contributed by atoms with Gasteiger partial charge in [0.1, 0.15) is 10.6 Å². The average molecular weight is 552 g/mol. The van der Waals surface area contributed by atoms with Gasteiger partial charge in [-0.2, -0.15) is 0 Å². The third-order valence-corrected chi connectivity index (χ3v) is 7.87. The van der Waals surface area contributed by atoms with Crippen LogP contribution in [0.4, 0.5) is 5.69 Å². The van der Waals surface area contributed by atoms with E-state index in [1.807, 2.05) is 31.2 Å². The Bertz CT molecular complexity index is 1560. The van der Waals surface area contributed by atoms with Crippen LogP contribution in [0, 0.1) is 6.92 Å². The van der Waals surface area contributed by atoms with Crippen molar-refractivity contribution in [2.24, 2.45) is 0 Å². The lowest BCUT2D eigenvalue weighted by atomic mass is 10.0. The van der Waals surface area contributed by atoms with Crippen LogP contribution in [-0.4, -0.2) is 34.4 Å². The average Bonchev–Trinajstić information content (AvgIpc) is 3.19. The fraction of sp³-hybridized carbons (Fsp3) is 0.231. The molecule has 0 aliphatic carbocycles. The number of carbonyl (C=O) groups excluding carboxylic acids is 2. The number of hydrogen-bond donors (Lipinski definition) is 0. The molecular formula is C26H22BrN3O4S. The fourth-order valence-corrected chi connectivity index (χ4v) is 5.66. The molecule has 3 heterocycles. The first-order valence-electron chi connectivity index (χ1n) is 11.1. The number of aryl methyl sites for hydroxylation is 1. The predicted molar refractivity (Wildman–Crippen MR) is 141 cm³/mol. The quantitative estimate of drug-likeness (QED) is 0.318. The van der Waals surface area contributed by atoms with Crippen molar-refractivity contribution in [3.8, 4) is 16.9 Å². The van der Waals surface area contributed by atoms with Gasteiger partial charge in [-0.3, -0.25) is 19.0 Å². The van der Waals surface area contributed by atoms with Crippen molar-refractivity contribution < 1.29 is 14.3 Å². The van der Waals surface area contributed by atoms with Crippen LogP contribution in [0.5, 0.6) is 5.75 Å². The molecule has 35 heavy (non-hydrogen) atoms. The maximum Gasteiger partial charge on any atom is 0.267 e. The van der Waals surface area contributed by atoms with E-state index in [2.05, 4.69) is 20.9 Å². The molecule has 2 unspecified atom stereocenters. The van der Waals surface area contributed by atoms with Gasteiger partial charge in [-0.05, 0) is 56.7 Å². The lowest BCUT2D eigenvalue weighted by Crippen LogP contribution is -2.42. The molecular weight excluding hydrogens is 530 g/mol. The summed E-state index contributed by atoms with van der Waals surface area (Å²) < 4.78 is 7.99. The van der Waals surface area contributed by atoms with Gasteiger partial charge in [0.05, 0.1) is 23.4 Å². The number of thiophene rings is 1. The van der Waals surface area contributed by atoms with Crippen LogP contribution in [0.15, 0.2) is 58.1 Å². The van der Waals surface area contributed by atoms with Gasteiger partial charge in [0.2, 0.25) is 0 Å². The Labute approximate surface area is 214 Å².